The van der Waals surface area contributed by atoms with E-state index >= 15 is 0 Å². The van der Waals surface area contributed by atoms with Crippen LogP contribution in [-0.2, 0) is 14.4 Å². The first-order valence-electron chi connectivity index (χ1n) is 9.86. The zero-order valence-electron chi connectivity index (χ0n) is 16.5. The number of para-hydroxylation sites is 1. The second kappa shape index (κ2) is 7.79. The van der Waals surface area contributed by atoms with Crippen LogP contribution in [0.5, 0.6) is 0 Å². The number of hydroxylamine groups is 1. The lowest BCUT2D eigenvalue weighted by atomic mass is 9.90. The third-order valence-corrected chi connectivity index (χ3v) is 6.46. The maximum atomic E-state index is 13.7. The lowest BCUT2D eigenvalue weighted by Crippen LogP contribution is -2.37. The smallest absolute Gasteiger partial charge is 0.266 e. The molecule has 0 N–H and O–H groups in total. The summed E-state index contributed by atoms with van der Waals surface area (Å²) in [4.78, 5) is 34.4. The van der Waals surface area contributed by atoms with Gasteiger partial charge in [-0.25, -0.2) is 9.96 Å². The van der Waals surface area contributed by atoms with Gasteiger partial charge in [0.05, 0.1) is 17.4 Å². The van der Waals surface area contributed by atoms with E-state index in [1.165, 1.54) is 4.90 Å². The average Bonchev–Trinajstić information content (AvgIpc) is 3.27. The molecule has 31 heavy (non-hydrogen) atoms. The molecule has 0 radical (unpaired) electrons. The van der Waals surface area contributed by atoms with Crippen molar-refractivity contribution in [3.63, 3.8) is 0 Å². The van der Waals surface area contributed by atoms with Crippen molar-refractivity contribution < 1.29 is 14.4 Å². The highest BCUT2D eigenvalue weighted by molar-refractivity contribution is 9.10. The molecule has 3 aromatic carbocycles. The number of benzene rings is 3. The highest BCUT2D eigenvalue weighted by atomic mass is 79.9. The SMILES string of the molecule is Cc1ccc(Cl)cc1N1C(=O)[C@@H]2[C@@H](c3cccc(Br)c3)N(c3ccccc3)O[C@H]2C1=O. The lowest BCUT2D eigenvalue weighted by Gasteiger charge is -2.29. The minimum absolute atomic E-state index is 0.288. The molecule has 0 aromatic heterocycles. The zero-order valence-corrected chi connectivity index (χ0v) is 18.9. The predicted octanol–water partition coefficient (Wildman–Crippen LogP) is 5.46. The van der Waals surface area contributed by atoms with Gasteiger partial charge in [-0.05, 0) is 54.4 Å². The number of amides is 2. The van der Waals surface area contributed by atoms with Gasteiger partial charge in [0.2, 0.25) is 5.91 Å². The first kappa shape index (κ1) is 20.2. The fourth-order valence-corrected chi connectivity index (χ4v) is 4.89. The van der Waals surface area contributed by atoms with Crippen molar-refractivity contribution in [3.05, 3.63) is 93.4 Å². The van der Waals surface area contributed by atoms with Gasteiger partial charge in [0.15, 0.2) is 6.10 Å². The van der Waals surface area contributed by atoms with Crippen molar-refractivity contribution in [2.75, 3.05) is 9.96 Å². The van der Waals surface area contributed by atoms with Crippen molar-refractivity contribution >= 4 is 50.7 Å². The summed E-state index contributed by atoms with van der Waals surface area (Å²) in [5, 5.41) is 2.16. The Labute approximate surface area is 193 Å². The van der Waals surface area contributed by atoms with Gasteiger partial charge in [0, 0.05) is 9.50 Å². The normalized spacial score (nSPS) is 22.9. The van der Waals surface area contributed by atoms with Crippen LogP contribution < -0.4 is 9.96 Å². The molecular weight excluding hydrogens is 480 g/mol. The monoisotopic (exact) mass is 496 g/mol. The summed E-state index contributed by atoms with van der Waals surface area (Å²) in [6, 6.07) is 22.0. The summed E-state index contributed by atoms with van der Waals surface area (Å²) < 4.78 is 0.890. The Morgan fingerprint density at radius 2 is 1.71 bits per heavy atom. The fourth-order valence-electron chi connectivity index (χ4n) is 4.30. The summed E-state index contributed by atoms with van der Waals surface area (Å²) >= 11 is 9.68. The Balaban J connectivity index is 1.61. The van der Waals surface area contributed by atoms with E-state index in [0.717, 1.165) is 21.3 Å². The number of halogens is 2. The average molecular weight is 498 g/mol. The zero-order chi connectivity index (χ0) is 21.7. The molecule has 7 heteroatoms. The van der Waals surface area contributed by atoms with Crippen molar-refractivity contribution in [2.45, 2.75) is 19.1 Å². The van der Waals surface area contributed by atoms with Crippen LogP contribution in [-0.4, -0.2) is 17.9 Å². The molecular formula is C24H18BrClN2O3. The Hall–Kier alpha value is -2.67. The van der Waals surface area contributed by atoms with Crippen LogP contribution in [0.4, 0.5) is 11.4 Å². The van der Waals surface area contributed by atoms with Gasteiger partial charge in [-0.3, -0.25) is 14.4 Å². The molecule has 2 fully saturated rings. The van der Waals surface area contributed by atoms with Crippen molar-refractivity contribution in [1.29, 1.82) is 0 Å². The number of anilines is 2. The van der Waals surface area contributed by atoms with Gasteiger partial charge < -0.3 is 0 Å². The van der Waals surface area contributed by atoms with Gasteiger partial charge in [-0.2, -0.15) is 0 Å². The second-order valence-corrected chi connectivity index (χ2v) is 9.01. The molecule has 2 heterocycles. The number of hydrogen-bond acceptors (Lipinski definition) is 4. The predicted molar refractivity (Wildman–Crippen MR) is 123 cm³/mol. The number of imide groups is 1. The molecule has 0 unspecified atom stereocenters. The number of aryl methyl sites for hydroxylation is 1. The third-order valence-electron chi connectivity index (χ3n) is 5.73. The molecule has 0 saturated carbocycles. The van der Waals surface area contributed by atoms with E-state index in [9.17, 15) is 9.59 Å². The Bertz CT molecular complexity index is 1190. The summed E-state index contributed by atoms with van der Waals surface area (Å²) in [6.45, 7) is 1.85. The molecule has 5 rings (SSSR count). The maximum absolute atomic E-state index is 13.7. The van der Waals surface area contributed by atoms with Crippen LogP contribution in [0.15, 0.2) is 77.3 Å². The molecule has 3 atom stereocenters. The highest BCUT2D eigenvalue weighted by Gasteiger charge is 2.60. The molecule has 5 nitrogen and oxygen atoms in total. The van der Waals surface area contributed by atoms with E-state index in [0.29, 0.717) is 10.7 Å². The van der Waals surface area contributed by atoms with E-state index < -0.39 is 18.1 Å². The van der Waals surface area contributed by atoms with Crippen LogP contribution in [0.2, 0.25) is 5.02 Å². The van der Waals surface area contributed by atoms with E-state index in [4.69, 9.17) is 16.4 Å². The minimum Gasteiger partial charge on any atom is -0.273 e. The highest BCUT2D eigenvalue weighted by Crippen LogP contribution is 2.48. The Morgan fingerprint density at radius 1 is 0.935 bits per heavy atom. The number of carbonyl (C=O) groups is 2. The number of fused-ring (bicyclic) bond motifs is 1. The topological polar surface area (TPSA) is 49.9 Å². The number of hydrogen-bond donors (Lipinski definition) is 0. The van der Waals surface area contributed by atoms with Crippen LogP contribution in [0.25, 0.3) is 0 Å². The van der Waals surface area contributed by atoms with Crippen LogP contribution in [0, 0.1) is 12.8 Å². The van der Waals surface area contributed by atoms with E-state index in [1.807, 2.05) is 61.5 Å². The summed E-state index contributed by atoms with van der Waals surface area (Å²) in [5.41, 5.74) is 2.97. The summed E-state index contributed by atoms with van der Waals surface area (Å²) in [7, 11) is 0. The first-order chi connectivity index (χ1) is 15.0. The molecule has 156 valence electrons. The molecule has 0 aliphatic carbocycles. The second-order valence-electron chi connectivity index (χ2n) is 7.66. The van der Waals surface area contributed by atoms with Crippen LogP contribution in [0.3, 0.4) is 0 Å². The number of rotatable bonds is 3. The van der Waals surface area contributed by atoms with Gasteiger partial charge in [-0.1, -0.05) is 63.9 Å². The van der Waals surface area contributed by atoms with Crippen molar-refractivity contribution in [2.24, 2.45) is 5.92 Å². The minimum atomic E-state index is -0.907. The molecule has 2 aliphatic rings. The molecule has 3 aromatic rings. The Morgan fingerprint density at radius 3 is 2.45 bits per heavy atom. The molecule has 2 saturated heterocycles. The van der Waals surface area contributed by atoms with Gasteiger partial charge in [0.1, 0.15) is 5.92 Å². The van der Waals surface area contributed by atoms with E-state index in [-0.39, 0.29) is 11.8 Å². The summed E-state index contributed by atoms with van der Waals surface area (Å²) in [6.07, 6.45) is -0.907. The van der Waals surface area contributed by atoms with Gasteiger partial charge in [-0.15, -0.1) is 0 Å². The summed E-state index contributed by atoms with van der Waals surface area (Å²) in [5.74, 6) is -1.34. The lowest BCUT2D eigenvalue weighted by molar-refractivity contribution is -0.126. The quantitative estimate of drug-likeness (QED) is 0.451. The van der Waals surface area contributed by atoms with Gasteiger partial charge >= 0.3 is 0 Å². The number of nitrogens with zero attached hydrogens (tertiary/aromatic N) is 2. The number of carbonyl (C=O) groups excluding carboxylic acids is 2. The van der Waals surface area contributed by atoms with E-state index in [2.05, 4.69) is 15.9 Å². The fraction of sp³-hybridized carbons (Fsp3) is 0.167. The largest absolute Gasteiger partial charge is 0.273 e. The van der Waals surface area contributed by atoms with Crippen molar-refractivity contribution in [3.8, 4) is 0 Å². The van der Waals surface area contributed by atoms with E-state index in [1.54, 1.807) is 23.3 Å². The first-order valence-corrected chi connectivity index (χ1v) is 11.0. The molecule has 0 bridgehead atoms. The van der Waals surface area contributed by atoms with Crippen LogP contribution in [0.1, 0.15) is 17.2 Å². The molecule has 0 spiro atoms. The van der Waals surface area contributed by atoms with Gasteiger partial charge in [0.25, 0.3) is 5.91 Å². The maximum Gasteiger partial charge on any atom is 0.266 e. The molecule has 2 aliphatic heterocycles. The standard InChI is InChI=1S/C24H18BrClN2O3/c1-14-10-11-17(26)13-19(14)27-23(29)20-21(15-6-5-7-16(25)12-15)28(31-22(20)24(27)30)18-8-3-2-4-9-18/h2-13,20-22H,1H3/t20-,21-,22-/m1/s1. The third kappa shape index (κ3) is 3.35. The molecule has 2 amide bonds. The Kier molecular flexibility index (Phi) is 5.08. The van der Waals surface area contributed by atoms with Crippen molar-refractivity contribution in [1.82, 2.24) is 0 Å². The van der Waals surface area contributed by atoms with Crippen LogP contribution >= 0.6 is 27.5 Å².